The van der Waals surface area contributed by atoms with Crippen molar-refractivity contribution in [2.45, 2.75) is 37.9 Å². The number of aromatic nitrogens is 1. The highest BCUT2D eigenvalue weighted by atomic mass is 16.2. The molecule has 0 spiro atoms. The van der Waals surface area contributed by atoms with Crippen molar-refractivity contribution in [3.05, 3.63) is 66.0 Å². The molecule has 0 bridgehead atoms. The van der Waals surface area contributed by atoms with Gasteiger partial charge in [0.05, 0.1) is 12.1 Å². The summed E-state index contributed by atoms with van der Waals surface area (Å²) >= 11 is 0. The largest absolute Gasteiger partial charge is 0.358 e. The number of carbonyl (C=O) groups excluding carboxylic acids is 2. The zero-order valence-corrected chi connectivity index (χ0v) is 15.6. The number of rotatable bonds is 7. The van der Waals surface area contributed by atoms with Crippen LogP contribution in [-0.4, -0.2) is 47.4 Å². The maximum Gasteiger partial charge on any atom is 0.237 e. The fourth-order valence-electron chi connectivity index (χ4n) is 3.62. The van der Waals surface area contributed by atoms with Gasteiger partial charge in [-0.2, -0.15) is 0 Å². The van der Waals surface area contributed by atoms with Crippen molar-refractivity contribution < 1.29 is 9.59 Å². The molecular weight excluding hydrogens is 340 g/mol. The van der Waals surface area contributed by atoms with Crippen LogP contribution >= 0.6 is 0 Å². The molecule has 0 radical (unpaired) electrons. The first kappa shape index (κ1) is 19.0. The van der Waals surface area contributed by atoms with Gasteiger partial charge in [-0.05, 0) is 49.1 Å². The van der Waals surface area contributed by atoms with Gasteiger partial charge in [0.15, 0.2) is 0 Å². The molecule has 1 fully saturated rings. The van der Waals surface area contributed by atoms with E-state index in [1.165, 1.54) is 0 Å². The lowest BCUT2D eigenvalue weighted by Gasteiger charge is -2.31. The Balaban J connectivity index is 1.69. The lowest BCUT2D eigenvalue weighted by atomic mass is 10.0. The van der Waals surface area contributed by atoms with E-state index in [1.807, 2.05) is 47.4 Å². The Bertz CT molecular complexity index is 751. The van der Waals surface area contributed by atoms with Crippen molar-refractivity contribution in [1.29, 1.82) is 0 Å². The van der Waals surface area contributed by atoms with Gasteiger partial charge in [0, 0.05) is 26.0 Å². The number of likely N-dealkylation sites (tertiary alicyclic amines) is 1. The van der Waals surface area contributed by atoms with Crippen LogP contribution in [-0.2, 0) is 22.6 Å². The van der Waals surface area contributed by atoms with Gasteiger partial charge in [0.2, 0.25) is 11.8 Å². The second-order valence-electron chi connectivity index (χ2n) is 6.79. The van der Waals surface area contributed by atoms with E-state index in [9.17, 15) is 9.59 Å². The average Bonchev–Trinajstić information content (AvgIpc) is 3.21. The molecular formula is C21H26N4O2. The summed E-state index contributed by atoms with van der Waals surface area (Å²) in [7, 11) is 1.65. The summed E-state index contributed by atoms with van der Waals surface area (Å²) in [6.07, 6.45) is 5.70. The van der Waals surface area contributed by atoms with Gasteiger partial charge in [0.25, 0.3) is 0 Å². The highest BCUT2D eigenvalue weighted by Gasteiger charge is 2.38. The Kier molecular flexibility index (Phi) is 6.54. The molecule has 6 heteroatoms. The molecule has 0 saturated carbocycles. The number of nitrogens with one attached hydrogen (secondary N) is 2. The lowest BCUT2D eigenvalue weighted by Crippen LogP contribution is -2.53. The molecule has 2 atom stereocenters. The number of carbonyl (C=O) groups is 2. The number of hydrogen-bond donors (Lipinski definition) is 2. The molecule has 2 aromatic rings. The highest BCUT2D eigenvalue weighted by Crippen LogP contribution is 2.23. The topological polar surface area (TPSA) is 74.3 Å². The minimum Gasteiger partial charge on any atom is -0.358 e. The maximum absolute atomic E-state index is 12.8. The fraction of sp³-hybridized carbons (Fsp3) is 0.381. The van der Waals surface area contributed by atoms with Crippen LogP contribution in [0.1, 0.15) is 24.0 Å². The van der Waals surface area contributed by atoms with E-state index in [4.69, 9.17) is 0 Å². The number of amides is 2. The van der Waals surface area contributed by atoms with Crippen LogP contribution in [0.5, 0.6) is 0 Å². The Morgan fingerprint density at radius 1 is 1.15 bits per heavy atom. The number of pyridine rings is 1. The van der Waals surface area contributed by atoms with Crippen LogP contribution in [0, 0.1) is 0 Å². The van der Waals surface area contributed by atoms with E-state index >= 15 is 0 Å². The first-order chi connectivity index (χ1) is 13.2. The fourth-order valence-corrected chi connectivity index (χ4v) is 3.62. The SMILES string of the molecule is CNC(=O)C(Cc1ccccc1)N1CCCC1C(=O)NCc1ccncc1. The Labute approximate surface area is 160 Å². The third kappa shape index (κ3) is 4.92. The summed E-state index contributed by atoms with van der Waals surface area (Å²) in [5.74, 6) is -0.0704. The van der Waals surface area contributed by atoms with Gasteiger partial charge >= 0.3 is 0 Å². The first-order valence-corrected chi connectivity index (χ1v) is 9.37. The summed E-state index contributed by atoms with van der Waals surface area (Å²) in [6, 6.07) is 13.1. The maximum atomic E-state index is 12.8. The third-order valence-electron chi connectivity index (χ3n) is 5.03. The minimum absolute atomic E-state index is 0.0220. The third-order valence-corrected chi connectivity index (χ3v) is 5.03. The molecule has 2 unspecified atom stereocenters. The summed E-state index contributed by atoms with van der Waals surface area (Å²) in [6.45, 7) is 1.22. The van der Waals surface area contributed by atoms with Crippen LogP contribution in [0.25, 0.3) is 0 Å². The average molecular weight is 366 g/mol. The quantitative estimate of drug-likeness (QED) is 0.779. The molecule has 3 rings (SSSR count). The van der Waals surface area contributed by atoms with Crippen molar-refractivity contribution in [3.8, 4) is 0 Å². The van der Waals surface area contributed by atoms with Gasteiger partial charge in [-0.25, -0.2) is 0 Å². The normalized spacial score (nSPS) is 18.0. The van der Waals surface area contributed by atoms with Gasteiger partial charge in [-0.1, -0.05) is 30.3 Å². The summed E-state index contributed by atoms with van der Waals surface area (Å²) in [5, 5.41) is 5.77. The van der Waals surface area contributed by atoms with E-state index in [0.29, 0.717) is 13.0 Å². The molecule has 142 valence electrons. The standard InChI is InChI=1S/C21H26N4O2/c1-22-20(26)19(14-16-6-3-2-4-7-16)25-13-5-8-18(25)21(27)24-15-17-9-11-23-12-10-17/h2-4,6-7,9-12,18-19H,5,8,13-15H2,1H3,(H,22,26)(H,24,27). The first-order valence-electron chi connectivity index (χ1n) is 9.37. The summed E-state index contributed by atoms with van der Waals surface area (Å²) < 4.78 is 0. The Morgan fingerprint density at radius 2 is 1.89 bits per heavy atom. The van der Waals surface area contributed by atoms with E-state index in [-0.39, 0.29) is 23.9 Å². The highest BCUT2D eigenvalue weighted by molar-refractivity contribution is 5.85. The molecule has 2 N–H and O–H groups in total. The van der Waals surface area contributed by atoms with E-state index in [1.54, 1.807) is 19.4 Å². The van der Waals surface area contributed by atoms with Crippen LogP contribution in [0.15, 0.2) is 54.9 Å². The number of benzene rings is 1. The van der Waals surface area contributed by atoms with Gasteiger partial charge in [0.1, 0.15) is 0 Å². The summed E-state index contributed by atoms with van der Waals surface area (Å²) in [5.41, 5.74) is 2.10. The van der Waals surface area contributed by atoms with E-state index in [0.717, 1.165) is 30.5 Å². The monoisotopic (exact) mass is 366 g/mol. The Hall–Kier alpha value is -2.73. The van der Waals surface area contributed by atoms with Crippen LogP contribution in [0.3, 0.4) is 0 Å². The van der Waals surface area contributed by atoms with Crippen molar-refractivity contribution in [3.63, 3.8) is 0 Å². The molecule has 6 nitrogen and oxygen atoms in total. The number of hydrogen-bond acceptors (Lipinski definition) is 4. The van der Waals surface area contributed by atoms with Crippen molar-refractivity contribution >= 4 is 11.8 Å². The predicted octanol–water partition coefficient (Wildman–Crippen LogP) is 1.52. The Morgan fingerprint density at radius 3 is 2.59 bits per heavy atom. The number of nitrogens with zero attached hydrogens (tertiary/aromatic N) is 2. The van der Waals surface area contributed by atoms with Gasteiger partial charge in [-0.15, -0.1) is 0 Å². The second kappa shape index (κ2) is 9.28. The molecule has 1 saturated heterocycles. The second-order valence-corrected chi connectivity index (χ2v) is 6.79. The summed E-state index contributed by atoms with van der Waals surface area (Å²) in [4.78, 5) is 31.4. The van der Waals surface area contributed by atoms with Crippen molar-refractivity contribution in [1.82, 2.24) is 20.5 Å². The zero-order chi connectivity index (χ0) is 19.1. The van der Waals surface area contributed by atoms with Crippen LogP contribution in [0.2, 0.25) is 0 Å². The molecule has 1 aromatic carbocycles. The van der Waals surface area contributed by atoms with Crippen molar-refractivity contribution in [2.75, 3.05) is 13.6 Å². The van der Waals surface area contributed by atoms with Crippen molar-refractivity contribution in [2.24, 2.45) is 0 Å². The van der Waals surface area contributed by atoms with Crippen LogP contribution < -0.4 is 10.6 Å². The van der Waals surface area contributed by atoms with Gasteiger partial charge < -0.3 is 10.6 Å². The van der Waals surface area contributed by atoms with Crippen LogP contribution in [0.4, 0.5) is 0 Å². The number of likely N-dealkylation sites (N-methyl/N-ethyl adjacent to an activating group) is 1. The van der Waals surface area contributed by atoms with E-state index in [2.05, 4.69) is 15.6 Å². The predicted molar refractivity (Wildman–Crippen MR) is 104 cm³/mol. The molecule has 27 heavy (non-hydrogen) atoms. The lowest BCUT2D eigenvalue weighted by molar-refractivity contribution is -0.131. The van der Waals surface area contributed by atoms with Gasteiger partial charge in [-0.3, -0.25) is 19.5 Å². The zero-order valence-electron chi connectivity index (χ0n) is 15.6. The molecule has 1 aliphatic rings. The molecule has 1 aliphatic heterocycles. The minimum atomic E-state index is -0.350. The molecule has 2 heterocycles. The molecule has 2 amide bonds. The van der Waals surface area contributed by atoms with E-state index < -0.39 is 0 Å². The smallest absolute Gasteiger partial charge is 0.237 e. The molecule has 1 aromatic heterocycles. The molecule has 0 aliphatic carbocycles.